The maximum absolute atomic E-state index is 12.4. The number of likely N-dealkylation sites (tertiary alicyclic amines) is 1. The first-order valence-electron chi connectivity index (χ1n) is 7.49. The molecule has 0 radical (unpaired) electrons. The molecule has 2 heterocycles. The van der Waals surface area contributed by atoms with Gasteiger partial charge in [0.25, 0.3) is 0 Å². The van der Waals surface area contributed by atoms with Crippen LogP contribution < -0.4 is 11.1 Å². The molecule has 0 saturated carbocycles. The van der Waals surface area contributed by atoms with E-state index in [4.69, 9.17) is 5.73 Å². The maximum Gasteiger partial charge on any atom is 0.314 e. The number of amides is 3. The topological polar surface area (TPSA) is 78.7 Å². The lowest BCUT2D eigenvalue weighted by atomic mass is 9.97. The zero-order valence-electron chi connectivity index (χ0n) is 13.1. The van der Waals surface area contributed by atoms with Crippen LogP contribution in [0.25, 0.3) is 0 Å². The lowest BCUT2D eigenvalue weighted by Crippen LogP contribution is -2.48. The van der Waals surface area contributed by atoms with E-state index in [1.807, 2.05) is 19.5 Å². The number of rotatable bonds is 5. The molecule has 7 heteroatoms. The number of piperidine rings is 1. The van der Waals surface area contributed by atoms with E-state index in [0.29, 0.717) is 19.6 Å². The molecule has 0 aromatic carbocycles. The summed E-state index contributed by atoms with van der Waals surface area (Å²) < 4.78 is 0. The van der Waals surface area contributed by atoms with Gasteiger partial charge in [-0.15, -0.1) is 0 Å². The van der Waals surface area contributed by atoms with Crippen molar-refractivity contribution in [1.29, 1.82) is 0 Å². The Morgan fingerprint density at radius 1 is 1.55 bits per heavy atom. The minimum absolute atomic E-state index is 0.00743. The third-order valence-electron chi connectivity index (χ3n) is 4.12. The third-order valence-corrected chi connectivity index (χ3v) is 4.83. The van der Waals surface area contributed by atoms with Crippen LogP contribution >= 0.6 is 11.3 Å². The first kappa shape index (κ1) is 16.8. The van der Waals surface area contributed by atoms with Gasteiger partial charge in [0.15, 0.2) is 0 Å². The summed E-state index contributed by atoms with van der Waals surface area (Å²) in [5.74, 6) is -0.153. The molecule has 1 aliphatic heterocycles. The summed E-state index contributed by atoms with van der Waals surface area (Å²) >= 11 is 1.65. The van der Waals surface area contributed by atoms with Crippen LogP contribution in [0, 0.1) is 5.92 Å². The lowest BCUT2D eigenvalue weighted by molar-refractivity contribution is -0.126. The van der Waals surface area contributed by atoms with Crippen molar-refractivity contribution in [1.82, 2.24) is 15.1 Å². The van der Waals surface area contributed by atoms with E-state index in [9.17, 15) is 9.59 Å². The van der Waals surface area contributed by atoms with Gasteiger partial charge in [-0.2, -0.15) is 11.3 Å². The molecule has 0 spiro atoms. The van der Waals surface area contributed by atoms with E-state index in [2.05, 4.69) is 21.7 Å². The molecule has 0 unspecified atom stereocenters. The van der Waals surface area contributed by atoms with Gasteiger partial charge in [0.05, 0.1) is 12.0 Å². The minimum Gasteiger partial charge on any atom is -0.354 e. The lowest BCUT2D eigenvalue weighted by Gasteiger charge is -2.31. The molecular formula is C15H24N4O2S. The van der Waals surface area contributed by atoms with Gasteiger partial charge in [-0.25, -0.2) is 4.79 Å². The first-order chi connectivity index (χ1) is 10.5. The van der Waals surface area contributed by atoms with Crippen molar-refractivity contribution in [2.75, 3.05) is 33.7 Å². The summed E-state index contributed by atoms with van der Waals surface area (Å²) in [4.78, 5) is 27.2. The fourth-order valence-electron chi connectivity index (χ4n) is 2.80. The molecule has 3 amide bonds. The number of likely N-dealkylation sites (N-methyl/N-ethyl adjacent to an activating group) is 1. The standard InChI is InChI=1S/C15H24N4O2S/c1-18(2)13(12-5-7-22-10-12)8-17-14(20)11-4-3-6-19(9-11)15(16)21/h5,7,10-11,13H,3-4,6,8-9H2,1-2H3,(H2,16,21)(H,17,20)/t11-,13+/m0/s1. The molecule has 3 N–H and O–H groups in total. The highest BCUT2D eigenvalue weighted by molar-refractivity contribution is 7.07. The second kappa shape index (κ2) is 7.60. The Hall–Kier alpha value is -1.60. The SMILES string of the molecule is CN(C)[C@H](CNC(=O)[C@H]1CCCN(C(N)=O)C1)c1ccsc1. The van der Waals surface area contributed by atoms with Gasteiger partial charge in [-0.05, 0) is 49.3 Å². The summed E-state index contributed by atoms with van der Waals surface area (Å²) in [5.41, 5.74) is 6.51. The smallest absolute Gasteiger partial charge is 0.314 e. The Morgan fingerprint density at radius 2 is 2.32 bits per heavy atom. The predicted octanol–water partition coefficient (Wildman–Crippen LogP) is 1.26. The highest BCUT2D eigenvalue weighted by Crippen LogP contribution is 2.21. The molecule has 0 aliphatic carbocycles. The minimum atomic E-state index is -0.443. The molecule has 1 fully saturated rings. The number of carbonyl (C=O) groups is 2. The summed E-state index contributed by atoms with van der Waals surface area (Å²) in [6.45, 7) is 1.64. The number of hydrogen-bond donors (Lipinski definition) is 2. The van der Waals surface area contributed by atoms with Crippen LogP contribution in [0.3, 0.4) is 0 Å². The highest BCUT2D eigenvalue weighted by atomic mass is 32.1. The number of hydrogen-bond acceptors (Lipinski definition) is 4. The fourth-order valence-corrected chi connectivity index (χ4v) is 3.50. The zero-order chi connectivity index (χ0) is 16.1. The molecule has 2 rings (SSSR count). The highest BCUT2D eigenvalue weighted by Gasteiger charge is 2.28. The fraction of sp³-hybridized carbons (Fsp3) is 0.600. The Kier molecular flexibility index (Phi) is 5.79. The van der Waals surface area contributed by atoms with Gasteiger partial charge in [0.2, 0.25) is 5.91 Å². The number of thiophene rings is 1. The van der Waals surface area contributed by atoms with Crippen LogP contribution in [0.2, 0.25) is 0 Å². The molecule has 1 aromatic heterocycles. The van der Waals surface area contributed by atoms with Crippen molar-refractivity contribution < 1.29 is 9.59 Å². The molecule has 1 aromatic rings. The molecule has 1 aliphatic rings. The van der Waals surface area contributed by atoms with Gasteiger partial charge in [0, 0.05) is 19.6 Å². The van der Waals surface area contributed by atoms with Crippen molar-refractivity contribution in [2.24, 2.45) is 11.7 Å². The van der Waals surface area contributed by atoms with Gasteiger partial charge < -0.3 is 20.9 Å². The van der Waals surface area contributed by atoms with Crippen LogP contribution in [0.4, 0.5) is 4.79 Å². The van der Waals surface area contributed by atoms with E-state index in [0.717, 1.165) is 12.8 Å². The molecule has 122 valence electrons. The Labute approximate surface area is 135 Å². The van der Waals surface area contributed by atoms with Gasteiger partial charge in [-0.3, -0.25) is 4.79 Å². The van der Waals surface area contributed by atoms with E-state index < -0.39 is 6.03 Å². The van der Waals surface area contributed by atoms with E-state index in [-0.39, 0.29) is 17.9 Å². The quantitative estimate of drug-likeness (QED) is 0.856. The number of urea groups is 1. The van der Waals surface area contributed by atoms with Crippen molar-refractivity contribution in [2.45, 2.75) is 18.9 Å². The summed E-state index contributed by atoms with van der Waals surface area (Å²) in [5, 5.41) is 7.17. The number of nitrogens with zero attached hydrogens (tertiary/aromatic N) is 2. The van der Waals surface area contributed by atoms with Crippen molar-refractivity contribution in [3.63, 3.8) is 0 Å². The van der Waals surface area contributed by atoms with Gasteiger partial charge in [0.1, 0.15) is 0 Å². The van der Waals surface area contributed by atoms with E-state index in [1.54, 1.807) is 16.2 Å². The van der Waals surface area contributed by atoms with Gasteiger partial charge >= 0.3 is 6.03 Å². The Balaban J connectivity index is 1.89. The van der Waals surface area contributed by atoms with Crippen LogP contribution in [-0.2, 0) is 4.79 Å². The second-order valence-electron chi connectivity index (χ2n) is 5.90. The van der Waals surface area contributed by atoms with Crippen LogP contribution in [0.15, 0.2) is 16.8 Å². The van der Waals surface area contributed by atoms with E-state index in [1.165, 1.54) is 5.56 Å². The summed E-state index contributed by atoms with van der Waals surface area (Å²) in [6, 6.07) is 1.80. The Morgan fingerprint density at radius 3 is 2.91 bits per heavy atom. The number of nitrogens with one attached hydrogen (secondary N) is 1. The number of nitrogens with two attached hydrogens (primary N) is 1. The monoisotopic (exact) mass is 324 g/mol. The maximum atomic E-state index is 12.4. The van der Waals surface area contributed by atoms with Crippen LogP contribution in [0.1, 0.15) is 24.4 Å². The summed E-state index contributed by atoms with van der Waals surface area (Å²) in [7, 11) is 4.01. The Bertz CT molecular complexity index is 504. The molecule has 2 atom stereocenters. The molecule has 0 bridgehead atoms. The molecule has 6 nitrogen and oxygen atoms in total. The molecule has 1 saturated heterocycles. The second-order valence-corrected chi connectivity index (χ2v) is 6.68. The third kappa shape index (κ3) is 4.20. The molecule has 22 heavy (non-hydrogen) atoms. The van der Waals surface area contributed by atoms with E-state index >= 15 is 0 Å². The van der Waals surface area contributed by atoms with Crippen molar-refractivity contribution in [3.8, 4) is 0 Å². The number of carbonyl (C=O) groups excluding carboxylic acids is 2. The predicted molar refractivity (Wildman–Crippen MR) is 87.6 cm³/mol. The average molecular weight is 324 g/mol. The van der Waals surface area contributed by atoms with Crippen molar-refractivity contribution in [3.05, 3.63) is 22.4 Å². The first-order valence-corrected chi connectivity index (χ1v) is 8.44. The van der Waals surface area contributed by atoms with Crippen LogP contribution in [0.5, 0.6) is 0 Å². The average Bonchev–Trinajstić information content (AvgIpc) is 3.01. The van der Waals surface area contributed by atoms with Crippen molar-refractivity contribution >= 4 is 23.3 Å². The molecular weight excluding hydrogens is 300 g/mol. The van der Waals surface area contributed by atoms with Gasteiger partial charge in [-0.1, -0.05) is 0 Å². The normalized spacial score (nSPS) is 20.0. The number of primary amides is 1. The zero-order valence-corrected chi connectivity index (χ0v) is 13.9. The summed E-state index contributed by atoms with van der Waals surface area (Å²) in [6.07, 6.45) is 1.63. The van der Waals surface area contributed by atoms with Crippen LogP contribution in [-0.4, -0.2) is 55.5 Å². The largest absolute Gasteiger partial charge is 0.354 e.